The number of hydrogen-bond donors (Lipinski definition) is 2. The third-order valence-electron chi connectivity index (χ3n) is 5.45. The molecule has 9 heteroatoms. The number of aliphatic hydroxyl groups excluding tert-OH is 1. The summed E-state index contributed by atoms with van der Waals surface area (Å²) in [7, 11) is 1.58. The summed E-state index contributed by atoms with van der Waals surface area (Å²) in [5, 5.41) is 12.8. The van der Waals surface area contributed by atoms with Crippen molar-refractivity contribution in [1.82, 2.24) is 10.2 Å². The average Bonchev–Trinajstić information content (AvgIpc) is 2.66. The number of carbonyl (C=O) groups excluding carboxylic acids is 1. The highest BCUT2D eigenvalue weighted by molar-refractivity contribution is 5.76. The molecule has 2 heterocycles. The van der Waals surface area contributed by atoms with Gasteiger partial charge in [0.25, 0.3) is 0 Å². The van der Waals surface area contributed by atoms with Crippen molar-refractivity contribution in [3.05, 3.63) is 35.4 Å². The zero-order chi connectivity index (χ0) is 21.0. The number of fused-ring (bicyclic) bond motifs is 1. The highest BCUT2D eigenvalue weighted by Gasteiger charge is 2.38. The zero-order valence-electron chi connectivity index (χ0n) is 16.3. The first-order chi connectivity index (χ1) is 13.8. The van der Waals surface area contributed by atoms with E-state index in [1.54, 1.807) is 7.05 Å². The molecule has 0 aromatic heterocycles. The molecule has 0 radical (unpaired) electrons. The maximum absolute atomic E-state index is 12.8. The number of carbonyl (C=O) groups is 1. The summed E-state index contributed by atoms with van der Waals surface area (Å²) in [5.41, 5.74) is 0.0520. The third kappa shape index (κ3) is 5.91. The number of benzene rings is 1. The van der Waals surface area contributed by atoms with E-state index in [-0.39, 0.29) is 37.2 Å². The monoisotopic (exact) mass is 416 g/mol. The zero-order valence-corrected chi connectivity index (χ0v) is 16.3. The van der Waals surface area contributed by atoms with Gasteiger partial charge in [0.15, 0.2) is 0 Å². The lowest BCUT2D eigenvalue weighted by molar-refractivity contribution is -0.158. The molecule has 2 aliphatic rings. The molecule has 2 N–H and O–H groups in total. The van der Waals surface area contributed by atoms with Crippen molar-refractivity contribution in [1.29, 1.82) is 0 Å². The van der Waals surface area contributed by atoms with Gasteiger partial charge in [-0.2, -0.15) is 13.2 Å². The van der Waals surface area contributed by atoms with E-state index in [2.05, 4.69) is 10.2 Å². The minimum atomic E-state index is -4.37. The summed E-state index contributed by atoms with van der Waals surface area (Å²) < 4.78 is 50.1. The molecule has 6 nitrogen and oxygen atoms in total. The van der Waals surface area contributed by atoms with Crippen LogP contribution in [0, 0.1) is 0 Å². The molecule has 1 aromatic rings. The van der Waals surface area contributed by atoms with Crippen LogP contribution in [0.4, 0.5) is 13.2 Å². The van der Waals surface area contributed by atoms with E-state index in [0.717, 1.165) is 24.1 Å². The Morgan fingerprint density at radius 1 is 1.24 bits per heavy atom. The first-order valence-corrected chi connectivity index (χ1v) is 9.78. The van der Waals surface area contributed by atoms with Crippen molar-refractivity contribution < 1.29 is 32.5 Å². The van der Waals surface area contributed by atoms with Crippen molar-refractivity contribution in [2.45, 2.75) is 56.3 Å². The Bertz CT molecular complexity index is 683. The number of amides is 1. The standard InChI is InChI=1S/C20H27F3N2O4/c1-24-19(27)8-16-6-7-17-18(29-16)12-28-11-15(26)10-25(17)9-13-2-4-14(5-3-13)20(21,22)23/h2-5,15-18,26H,6-12H2,1H3,(H,24,27)/t15-,16-,17-,18+/m1/s1. The van der Waals surface area contributed by atoms with Gasteiger partial charge in [-0.15, -0.1) is 0 Å². The van der Waals surface area contributed by atoms with Gasteiger partial charge in [-0.05, 0) is 30.5 Å². The van der Waals surface area contributed by atoms with Gasteiger partial charge in [-0.1, -0.05) is 12.1 Å². The molecule has 0 unspecified atom stereocenters. The summed E-state index contributed by atoms with van der Waals surface area (Å²) >= 11 is 0. The predicted molar refractivity (Wildman–Crippen MR) is 99.0 cm³/mol. The normalized spacial score (nSPS) is 28.9. The van der Waals surface area contributed by atoms with Gasteiger partial charge in [0, 0.05) is 26.2 Å². The molecule has 2 aliphatic heterocycles. The molecule has 2 fully saturated rings. The topological polar surface area (TPSA) is 71.0 Å². The fourth-order valence-electron chi connectivity index (χ4n) is 3.97. The first kappa shape index (κ1) is 22.0. The Labute approximate surface area is 168 Å². The van der Waals surface area contributed by atoms with Gasteiger partial charge in [0.1, 0.15) is 0 Å². The number of hydrogen-bond acceptors (Lipinski definition) is 5. The Balaban J connectivity index is 1.71. The summed E-state index contributed by atoms with van der Waals surface area (Å²) in [6, 6.07) is 5.04. The fourth-order valence-corrected chi connectivity index (χ4v) is 3.97. The van der Waals surface area contributed by atoms with Crippen LogP contribution in [0.15, 0.2) is 24.3 Å². The molecule has 3 rings (SSSR count). The van der Waals surface area contributed by atoms with Crippen LogP contribution in [0.1, 0.15) is 30.4 Å². The largest absolute Gasteiger partial charge is 0.416 e. The van der Waals surface area contributed by atoms with E-state index in [9.17, 15) is 23.1 Å². The maximum atomic E-state index is 12.8. The molecular formula is C20H27F3N2O4. The molecule has 4 atom stereocenters. The summed E-state index contributed by atoms with van der Waals surface area (Å²) in [5.74, 6) is -0.0859. The van der Waals surface area contributed by atoms with Crippen LogP contribution in [-0.4, -0.2) is 67.1 Å². The second-order valence-electron chi connectivity index (χ2n) is 7.63. The van der Waals surface area contributed by atoms with Crippen LogP contribution in [0.25, 0.3) is 0 Å². The van der Waals surface area contributed by atoms with Gasteiger partial charge < -0.3 is 19.9 Å². The van der Waals surface area contributed by atoms with Gasteiger partial charge in [0.2, 0.25) is 5.91 Å². The molecule has 29 heavy (non-hydrogen) atoms. The van der Waals surface area contributed by atoms with Crippen molar-refractivity contribution in [3.8, 4) is 0 Å². The molecule has 0 aliphatic carbocycles. The van der Waals surface area contributed by atoms with E-state index >= 15 is 0 Å². The minimum absolute atomic E-state index is 0.0480. The van der Waals surface area contributed by atoms with Gasteiger partial charge in [-0.3, -0.25) is 9.69 Å². The van der Waals surface area contributed by atoms with Crippen molar-refractivity contribution in [3.63, 3.8) is 0 Å². The molecule has 0 spiro atoms. The number of aliphatic hydroxyl groups is 1. The number of ether oxygens (including phenoxy) is 2. The number of rotatable bonds is 4. The van der Waals surface area contributed by atoms with Gasteiger partial charge in [-0.25, -0.2) is 0 Å². The smallest absolute Gasteiger partial charge is 0.389 e. The highest BCUT2D eigenvalue weighted by Crippen LogP contribution is 2.31. The first-order valence-electron chi connectivity index (χ1n) is 9.78. The predicted octanol–water partition coefficient (Wildman–Crippen LogP) is 1.95. The number of alkyl halides is 3. The fraction of sp³-hybridized carbons (Fsp3) is 0.650. The van der Waals surface area contributed by atoms with Crippen molar-refractivity contribution in [2.24, 2.45) is 0 Å². The third-order valence-corrected chi connectivity index (χ3v) is 5.45. The van der Waals surface area contributed by atoms with Crippen LogP contribution in [-0.2, 0) is 27.0 Å². The van der Waals surface area contributed by atoms with Crippen molar-refractivity contribution in [2.75, 3.05) is 26.8 Å². The number of β-amino-alcohol motifs (C(OH)–C–C–N with tert-alkyl or cyclic N) is 1. The second kappa shape index (κ2) is 9.42. The molecule has 1 amide bonds. The molecule has 2 saturated heterocycles. The lowest BCUT2D eigenvalue weighted by Gasteiger charge is -2.44. The molecular weight excluding hydrogens is 389 g/mol. The number of nitrogens with zero attached hydrogens (tertiary/aromatic N) is 1. The van der Waals surface area contributed by atoms with Crippen LogP contribution >= 0.6 is 0 Å². The second-order valence-corrected chi connectivity index (χ2v) is 7.63. The molecule has 0 saturated carbocycles. The van der Waals surface area contributed by atoms with Gasteiger partial charge in [0.05, 0.1) is 43.5 Å². The average molecular weight is 416 g/mol. The van der Waals surface area contributed by atoms with Crippen LogP contribution in [0.5, 0.6) is 0 Å². The SMILES string of the molecule is CNC(=O)C[C@H]1CC[C@@H]2[C@H](COC[C@H](O)CN2Cc2ccc(C(F)(F)F)cc2)O1. The van der Waals surface area contributed by atoms with E-state index in [0.29, 0.717) is 26.1 Å². The lowest BCUT2D eigenvalue weighted by Crippen LogP contribution is -2.55. The maximum Gasteiger partial charge on any atom is 0.416 e. The molecule has 162 valence electrons. The summed E-state index contributed by atoms with van der Waals surface area (Å²) in [6.45, 7) is 1.21. The van der Waals surface area contributed by atoms with E-state index in [1.165, 1.54) is 12.1 Å². The van der Waals surface area contributed by atoms with Gasteiger partial charge >= 0.3 is 6.18 Å². The molecule has 0 bridgehead atoms. The van der Waals surface area contributed by atoms with E-state index in [1.807, 2.05) is 0 Å². The van der Waals surface area contributed by atoms with Crippen LogP contribution in [0.2, 0.25) is 0 Å². The minimum Gasteiger partial charge on any atom is -0.389 e. The van der Waals surface area contributed by atoms with Crippen LogP contribution in [0.3, 0.4) is 0 Å². The van der Waals surface area contributed by atoms with E-state index in [4.69, 9.17) is 9.47 Å². The quantitative estimate of drug-likeness (QED) is 0.785. The Hall–Kier alpha value is -1.68. The molecule has 1 aromatic carbocycles. The Kier molecular flexibility index (Phi) is 7.15. The van der Waals surface area contributed by atoms with Crippen LogP contribution < -0.4 is 5.32 Å². The summed E-state index contributed by atoms with van der Waals surface area (Å²) in [6.07, 6.45) is -3.79. The highest BCUT2D eigenvalue weighted by atomic mass is 19.4. The van der Waals surface area contributed by atoms with E-state index < -0.39 is 17.8 Å². The summed E-state index contributed by atoms with van der Waals surface area (Å²) in [4.78, 5) is 13.7. The van der Waals surface area contributed by atoms with Crippen molar-refractivity contribution >= 4 is 5.91 Å². The Morgan fingerprint density at radius 2 is 1.97 bits per heavy atom. The number of halogens is 3. The number of nitrogens with one attached hydrogen (secondary N) is 1. The lowest BCUT2D eigenvalue weighted by atomic mass is 9.94. The Morgan fingerprint density at radius 3 is 2.62 bits per heavy atom.